The molecule has 0 saturated heterocycles. The predicted octanol–water partition coefficient (Wildman–Crippen LogP) is 4.75. The van der Waals surface area contributed by atoms with Gasteiger partial charge < -0.3 is 9.47 Å². The lowest BCUT2D eigenvalue weighted by Crippen LogP contribution is -2.28. The van der Waals surface area contributed by atoms with Crippen LogP contribution in [0.15, 0.2) is 72.8 Å². The molecule has 2 aromatic rings. The Morgan fingerprint density at radius 3 is 2.17 bits per heavy atom. The maximum atomic E-state index is 6.12. The van der Waals surface area contributed by atoms with Gasteiger partial charge in [0.25, 0.3) is 0 Å². The molecule has 0 radical (unpaired) electrons. The van der Waals surface area contributed by atoms with Gasteiger partial charge in [0.2, 0.25) is 0 Å². The molecule has 2 aromatic carbocycles. The number of benzene rings is 2. The lowest BCUT2D eigenvalue weighted by Gasteiger charge is -2.27. The number of ether oxygens (including phenoxy) is 2. The van der Waals surface area contributed by atoms with E-state index in [1.165, 1.54) is 11.1 Å². The summed E-state index contributed by atoms with van der Waals surface area (Å²) in [6.07, 6.45) is 6.82. The van der Waals surface area contributed by atoms with Crippen molar-refractivity contribution in [3.05, 3.63) is 83.9 Å². The fourth-order valence-electron chi connectivity index (χ4n) is 2.90. The molecule has 0 bridgehead atoms. The molecule has 3 rings (SSSR count). The molecular weight excluding hydrogens is 284 g/mol. The monoisotopic (exact) mass is 308 g/mol. The van der Waals surface area contributed by atoms with Crippen molar-refractivity contribution < 1.29 is 9.47 Å². The van der Waals surface area contributed by atoms with E-state index < -0.39 is 0 Å². The third-order valence-corrected chi connectivity index (χ3v) is 4.22. The van der Waals surface area contributed by atoms with Crippen molar-refractivity contribution in [3.8, 4) is 0 Å². The van der Waals surface area contributed by atoms with Gasteiger partial charge in [-0.1, -0.05) is 72.8 Å². The summed E-state index contributed by atoms with van der Waals surface area (Å²) in [4.78, 5) is 0. The molecule has 1 aliphatic carbocycles. The molecule has 0 aliphatic heterocycles. The van der Waals surface area contributed by atoms with E-state index in [1.54, 1.807) is 0 Å². The van der Waals surface area contributed by atoms with Crippen molar-refractivity contribution in [1.82, 2.24) is 0 Å². The summed E-state index contributed by atoms with van der Waals surface area (Å²) in [7, 11) is 0. The van der Waals surface area contributed by atoms with E-state index in [4.69, 9.17) is 9.47 Å². The largest absolute Gasteiger partial charge is 0.376 e. The molecule has 0 N–H and O–H groups in total. The fourth-order valence-corrected chi connectivity index (χ4v) is 2.90. The van der Waals surface area contributed by atoms with Crippen molar-refractivity contribution >= 4 is 0 Å². The van der Waals surface area contributed by atoms with E-state index in [1.807, 2.05) is 24.3 Å². The second kappa shape index (κ2) is 8.66. The Balaban J connectivity index is 1.48. The molecule has 0 saturated carbocycles. The minimum absolute atomic E-state index is 0.153. The van der Waals surface area contributed by atoms with Crippen LogP contribution in [0.4, 0.5) is 0 Å². The Hall–Kier alpha value is -1.90. The van der Waals surface area contributed by atoms with Gasteiger partial charge in [-0.2, -0.15) is 0 Å². The lowest BCUT2D eigenvalue weighted by atomic mass is 9.92. The Morgan fingerprint density at radius 2 is 1.48 bits per heavy atom. The molecule has 2 heteroatoms. The van der Waals surface area contributed by atoms with Gasteiger partial charge in [-0.15, -0.1) is 0 Å². The van der Waals surface area contributed by atoms with Crippen molar-refractivity contribution in [2.75, 3.05) is 6.61 Å². The first-order chi connectivity index (χ1) is 11.4. The maximum absolute atomic E-state index is 6.12. The summed E-state index contributed by atoms with van der Waals surface area (Å²) in [5.74, 6) is 0.437. The van der Waals surface area contributed by atoms with Crippen LogP contribution in [-0.4, -0.2) is 12.7 Å². The molecule has 23 heavy (non-hydrogen) atoms. The first kappa shape index (κ1) is 16.0. The van der Waals surface area contributed by atoms with Crippen molar-refractivity contribution in [3.63, 3.8) is 0 Å². The van der Waals surface area contributed by atoms with Gasteiger partial charge in [-0.3, -0.25) is 0 Å². The Bertz CT molecular complexity index is 592. The summed E-state index contributed by atoms with van der Waals surface area (Å²) >= 11 is 0. The van der Waals surface area contributed by atoms with Crippen LogP contribution in [0, 0.1) is 5.92 Å². The zero-order valence-corrected chi connectivity index (χ0v) is 13.4. The second-order valence-corrected chi connectivity index (χ2v) is 6.03. The number of hydrogen-bond acceptors (Lipinski definition) is 2. The molecule has 0 heterocycles. The highest BCUT2D eigenvalue weighted by molar-refractivity contribution is 5.14. The first-order valence-electron chi connectivity index (χ1n) is 8.35. The highest BCUT2D eigenvalue weighted by Gasteiger charge is 2.22. The average molecular weight is 308 g/mol. The van der Waals surface area contributed by atoms with Gasteiger partial charge in [0.15, 0.2) is 0 Å². The third-order valence-electron chi connectivity index (χ3n) is 4.22. The van der Waals surface area contributed by atoms with Gasteiger partial charge in [0, 0.05) is 5.92 Å². The number of hydrogen-bond donors (Lipinski definition) is 0. The molecule has 0 amide bonds. The van der Waals surface area contributed by atoms with Crippen molar-refractivity contribution in [2.24, 2.45) is 5.92 Å². The van der Waals surface area contributed by atoms with Crippen LogP contribution in [-0.2, 0) is 22.7 Å². The van der Waals surface area contributed by atoms with E-state index in [9.17, 15) is 0 Å². The summed E-state index contributed by atoms with van der Waals surface area (Å²) in [5, 5.41) is 0. The molecule has 0 spiro atoms. The van der Waals surface area contributed by atoms with Crippen molar-refractivity contribution in [1.29, 1.82) is 0 Å². The quantitative estimate of drug-likeness (QED) is 0.687. The summed E-state index contributed by atoms with van der Waals surface area (Å²) in [6.45, 7) is 2.08. The van der Waals surface area contributed by atoms with E-state index in [0.29, 0.717) is 19.1 Å². The number of rotatable bonds is 7. The first-order valence-corrected chi connectivity index (χ1v) is 8.35. The molecule has 1 aliphatic rings. The van der Waals surface area contributed by atoms with Crippen LogP contribution in [0.1, 0.15) is 24.0 Å². The van der Waals surface area contributed by atoms with Gasteiger partial charge >= 0.3 is 0 Å². The zero-order valence-electron chi connectivity index (χ0n) is 13.4. The van der Waals surface area contributed by atoms with Crippen LogP contribution in [0.2, 0.25) is 0 Å². The van der Waals surface area contributed by atoms with E-state index >= 15 is 0 Å². The van der Waals surface area contributed by atoms with Gasteiger partial charge in [-0.25, -0.2) is 0 Å². The van der Waals surface area contributed by atoms with Crippen LogP contribution < -0.4 is 0 Å². The molecule has 0 fully saturated rings. The normalized spacial score (nSPS) is 20.5. The lowest BCUT2D eigenvalue weighted by molar-refractivity contribution is -0.0158. The fraction of sp³-hybridized carbons (Fsp3) is 0.333. The Kier molecular flexibility index (Phi) is 6.01. The van der Waals surface area contributed by atoms with Crippen LogP contribution in [0.3, 0.4) is 0 Å². The second-order valence-electron chi connectivity index (χ2n) is 6.03. The topological polar surface area (TPSA) is 18.5 Å². The van der Waals surface area contributed by atoms with E-state index in [2.05, 4.69) is 48.6 Å². The van der Waals surface area contributed by atoms with Crippen molar-refractivity contribution in [2.45, 2.75) is 32.2 Å². The molecule has 2 atom stereocenters. The third kappa shape index (κ3) is 5.05. The van der Waals surface area contributed by atoms with Gasteiger partial charge in [0.05, 0.1) is 25.9 Å². The summed E-state index contributed by atoms with van der Waals surface area (Å²) in [5.41, 5.74) is 2.44. The minimum Gasteiger partial charge on any atom is -0.376 e. The zero-order chi connectivity index (χ0) is 15.7. The van der Waals surface area contributed by atoms with Crippen LogP contribution in [0.25, 0.3) is 0 Å². The Morgan fingerprint density at radius 1 is 0.826 bits per heavy atom. The van der Waals surface area contributed by atoms with Gasteiger partial charge in [0.1, 0.15) is 0 Å². The highest BCUT2D eigenvalue weighted by atomic mass is 16.5. The predicted molar refractivity (Wildman–Crippen MR) is 93.0 cm³/mol. The van der Waals surface area contributed by atoms with Gasteiger partial charge in [-0.05, 0) is 24.0 Å². The maximum Gasteiger partial charge on any atom is 0.0810 e. The smallest absolute Gasteiger partial charge is 0.0810 e. The minimum atomic E-state index is 0.153. The molecule has 0 unspecified atom stereocenters. The van der Waals surface area contributed by atoms with Crippen LogP contribution >= 0.6 is 0 Å². The number of allylic oxidation sites excluding steroid dienone is 1. The molecule has 0 aromatic heterocycles. The molecular formula is C21H24O2. The van der Waals surface area contributed by atoms with E-state index in [0.717, 1.165) is 19.4 Å². The summed E-state index contributed by atoms with van der Waals surface area (Å²) < 4.78 is 12.0. The van der Waals surface area contributed by atoms with Crippen LogP contribution in [0.5, 0.6) is 0 Å². The average Bonchev–Trinajstić information content (AvgIpc) is 2.63. The SMILES string of the molecule is C1=C[C@H](OCc2ccccc2)[C@H](COCc2ccccc2)CC1. The molecule has 120 valence electrons. The molecule has 2 nitrogen and oxygen atoms in total. The summed E-state index contributed by atoms with van der Waals surface area (Å²) in [6, 6.07) is 20.7. The van der Waals surface area contributed by atoms with E-state index in [-0.39, 0.29) is 6.10 Å². The standard InChI is InChI=1S/C21H24O2/c1-3-9-18(10-4-1)15-22-17-20-13-7-8-14-21(20)23-16-19-11-5-2-6-12-19/h1-6,8-12,14,20-21H,7,13,15-17H2/t20-,21-/m0/s1. The Labute approximate surface area is 138 Å². The highest BCUT2D eigenvalue weighted by Crippen LogP contribution is 2.23.